The number of hydrogen-bond donors (Lipinski definition) is 0. The van der Waals surface area contributed by atoms with Crippen LogP contribution in [0.15, 0.2) is 35.4 Å². The number of para-hydroxylation sites is 1. The van der Waals surface area contributed by atoms with Gasteiger partial charge in [0.2, 0.25) is 5.91 Å². The number of ether oxygens (including phenoxy) is 1. The maximum absolute atomic E-state index is 12.5. The molecule has 2 amide bonds. The first-order valence-electron chi connectivity index (χ1n) is 9.41. The van der Waals surface area contributed by atoms with E-state index in [0.29, 0.717) is 5.69 Å². The van der Waals surface area contributed by atoms with Gasteiger partial charge in [-0.3, -0.25) is 9.59 Å². The first-order valence-corrected chi connectivity index (χ1v) is 9.41. The van der Waals surface area contributed by atoms with Gasteiger partial charge >= 0.3 is 5.97 Å². The summed E-state index contributed by atoms with van der Waals surface area (Å²) < 4.78 is 5.21. The molecule has 7 nitrogen and oxygen atoms in total. The summed E-state index contributed by atoms with van der Waals surface area (Å²) in [5.41, 5.74) is 0.755. The highest BCUT2D eigenvalue weighted by molar-refractivity contribution is 6.38. The van der Waals surface area contributed by atoms with Gasteiger partial charge in [0.05, 0.1) is 5.69 Å². The van der Waals surface area contributed by atoms with Crippen LogP contribution in [0.5, 0.6) is 0 Å². The highest BCUT2D eigenvalue weighted by atomic mass is 16.5. The van der Waals surface area contributed by atoms with Gasteiger partial charge in [-0.25, -0.2) is 9.80 Å². The molecule has 3 rings (SSSR count). The van der Waals surface area contributed by atoms with Crippen molar-refractivity contribution in [1.29, 1.82) is 0 Å². The van der Waals surface area contributed by atoms with E-state index in [2.05, 4.69) is 5.10 Å². The van der Waals surface area contributed by atoms with Gasteiger partial charge in [0, 0.05) is 24.9 Å². The number of likely N-dealkylation sites (tertiary alicyclic amines) is 1. The Balaban J connectivity index is 1.63. The molecule has 1 aromatic rings. The topological polar surface area (TPSA) is 79.3 Å². The number of hydrazone groups is 1. The Hall–Kier alpha value is -2.70. The van der Waals surface area contributed by atoms with Crippen molar-refractivity contribution in [3.63, 3.8) is 0 Å². The zero-order valence-electron chi connectivity index (χ0n) is 15.8. The van der Waals surface area contributed by atoms with Gasteiger partial charge in [0.25, 0.3) is 5.91 Å². The molecule has 0 bridgehead atoms. The average Bonchev–Trinajstić information content (AvgIpc) is 2.67. The van der Waals surface area contributed by atoms with Crippen LogP contribution in [0.1, 0.15) is 46.0 Å². The molecule has 2 heterocycles. The van der Waals surface area contributed by atoms with Crippen molar-refractivity contribution >= 4 is 29.2 Å². The lowest BCUT2D eigenvalue weighted by atomic mass is 9.97. The molecule has 1 saturated heterocycles. The zero-order chi connectivity index (χ0) is 19.4. The number of piperidine rings is 1. The van der Waals surface area contributed by atoms with Crippen molar-refractivity contribution in [1.82, 2.24) is 4.90 Å². The Labute approximate surface area is 159 Å². The van der Waals surface area contributed by atoms with Crippen LogP contribution in [0.2, 0.25) is 0 Å². The molecule has 7 heteroatoms. The van der Waals surface area contributed by atoms with E-state index in [1.54, 1.807) is 29.2 Å². The van der Waals surface area contributed by atoms with Crippen molar-refractivity contribution in [2.45, 2.75) is 58.0 Å². The van der Waals surface area contributed by atoms with Crippen LogP contribution in [0.4, 0.5) is 5.69 Å². The number of carbonyl (C=O) groups excluding carboxylic acids is 3. The van der Waals surface area contributed by atoms with Gasteiger partial charge in [0.1, 0.15) is 5.71 Å². The maximum atomic E-state index is 12.5. The monoisotopic (exact) mass is 371 g/mol. The van der Waals surface area contributed by atoms with Crippen molar-refractivity contribution in [2.75, 3.05) is 11.6 Å². The van der Waals surface area contributed by atoms with Crippen molar-refractivity contribution < 1.29 is 19.1 Å². The summed E-state index contributed by atoms with van der Waals surface area (Å²) in [5.74, 6) is -1.01. The van der Waals surface area contributed by atoms with Crippen LogP contribution < -0.4 is 5.01 Å². The summed E-state index contributed by atoms with van der Waals surface area (Å²) in [4.78, 5) is 38.8. The first-order chi connectivity index (χ1) is 13.0. The molecule has 2 unspecified atom stereocenters. The largest absolute Gasteiger partial charge is 0.451 e. The third-order valence-electron chi connectivity index (χ3n) is 5.08. The number of anilines is 1. The van der Waals surface area contributed by atoms with E-state index in [9.17, 15) is 14.4 Å². The van der Waals surface area contributed by atoms with Crippen molar-refractivity contribution in [3.05, 3.63) is 30.3 Å². The Morgan fingerprint density at radius 1 is 1.11 bits per heavy atom. The molecule has 0 N–H and O–H groups in total. The lowest BCUT2D eigenvalue weighted by molar-refractivity contribution is -0.150. The minimum atomic E-state index is -0.644. The predicted molar refractivity (Wildman–Crippen MR) is 101 cm³/mol. The standard InChI is InChI=1S/C20H25N3O4/c1-14-7-6-8-15(2)22(14)19(25)13-27-20(26)17-11-12-18(24)23(21-17)16-9-4-3-5-10-16/h3-5,9-10,14-15H,6-8,11-13H2,1-2H3. The molecule has 1 aromatic carbocycles. The van der Waals surface area contributed by atoms with E-state index in [1.165, 1.54) is 5.01 Å². The lowest BCUT2D eigenvalue weighted by Crippen LogP contribution is -2.49. The van der Waals surface area contributed by atoms with Crippen molar-refractivity contribution in [3.8, 4) is 0 Å². The number of hydrogen-bond acceptors (Lipinski definition) is 5. The Kier molecular flexibility index (Phi) is 5.88. The van der Waals surface area contributed by atoms with Crippen LogP contribution in [0.3, 0.4) is 0 Å². The highest BCUT2D eigenvalue weighted by Crippen LogP contribution is 2.23. The molecule has 144 valence electrons. The molecule has 1 fully saturated rings. The normalized spacial score (nSPS) is 23.0. The fourth-order valence-electron chi connectivity index (χ4n) is 3.67. The molecule has 0 aromatic heterocycles. The van der Waals surface area contributed by atoms with E-state index in [1.807, 2.05) is 19.9 Å². The molecular formula is C20H25N3O4. The summed E-state index contributed by atoms with van der Waals surface area (Å²) in [5, 5.41) is 5.37. The van der Waals surface area contributed by atoms with Gasteiger partial charge in [0.15, 0.2) is 6.61 Å². The second-order valence-corrected chi connectivity index (χ2v) is 7.09. The van der Waals surface area contributed by atoms with E-state index in [4.69, 9.17) is 4.74 Å². The van der Waals surface area contributed by atoms with Gasteiger partial charge < -0.3 is 9.64 Å². The number of nitrogens with zero attached hydrogens (tertiary/aromatic N) is 3. The minimum absolute atomic E-state index is 0.151. The third kappa shape index (κ3) is 4.35. The first kappa shape index (κ1) is 19.1. The van der Waals surface area contributed by atoms with E-state index in [0.717, 1.165) is 19.3 Å². The smallest absolute Gasteiger partial charge is 0.355 e. The average molecular weight is 371 g/mol. The number of rotatable bonds is 4. The van der Waals surface area contributed by atoms with Gasteiger partial charge in [-0.05, 0) is 45.2 Å². The predicted octanol–water partition coefficient (Wildman–Crippen LogP) is 2.50. The number of amides is 2. The summed E-state index contributed by atoms with van der Waals surface area (Å²) in [7, 11) is 0. The molecule has 0 aliphatic carbocycles. The maximum Gasteiger partial charge on any atom is 0.355 e. The molecular weight excluding hydrogens is 346 g/mol. The second-order valence-electron chi connectivity index (χ2n) is 7.09. The third-order valence-corrected chi connectivity index (χ3v) is 5.08. The Bertz CT molecular complexity index is 737. The van der Waals surface area contributed by atoms with Crippen LogP contribution in [-0.4, -0.2) is 47.1 Å². The molecule has 2 aliphatic heterocycles. The Morgan fingerprint density at radius 2 is 1.78 bits per heavy atom. The fraction of sp³-hybridized carbons (Fsp3) is 0.500. The lowest BCUT2D eigenvalue weighted by Gasteiger charge is -2.38. The van der Waals surface area contributed by atoms with Crippen LogP contribution >= 0.6 is 0 Å². The summed E-state index contributed by atoms with van der Waals surface area (Å²) >= 11 is 0. The van der Waals surface area contributed by atoms with Gasteiger partial charge in [-0.1, -0.05) is 18.2 Å². The number of esters is 1. The second kappa shape index (κ2) is 8.33. The minimum Gasteiger partial charge on any atom is -0.451 e. The molecule has 0 spiro atoms. The number of benzene rings is 1. The summed E-state index contributed by atoms with van der Waals surface area (Å²) in [6, 6.07) is 9.23. The van der Waals surface area contributed by atoms with Gasteiger partial charge in [-0.2, -0.15) is 5.10 Å². The van der Waals surface area contributed by atoms with Crippen LogP contribution in [0, 0.1) is 0 Å². The fourth-order valence-corrected chi connectivity index (χ4v) is 3.67. The van der Waals surface area contributed by atoms with E-state index < -0.39 is 5.97 Å². The Morgan fingerprint density at radius 3 is 2.44 bits per heavy atom. The summed E-state index contributed by atoms with van der Waals surface area (Å²) in [6.45, 7) is 3.74. The van der Waals surface area contributed by atoms with E-state index in [-0.39, 0.29) is 49.1 Å². The summed E-state index contributed by atoms with van der Waals surface area (Å²) in [6.07, 6.45) is 3.42. The van der Waals surface area contributed by atoms with Crippen LogP contribution in [-0.2, 0) is 19.1 Å². The van der Waals surface area contributed by atoms with Gasteiger partial charge in [-0.15, -0.1) is 0 Å². The highest BCUT2D eigenvalue weighted by Gasteiger charge is 2.31. The number of carbonyl (C=O) groups is 3. The van der Waals surface area contributed by atoms with Crippen molar-refractivity contribution in [2.24, 2.45) is 5.10 Å². The molecule has 0 saturated carbocycles. The quantitative estimate of drug-likeness (QED) is 0.762. The SMILES string of the molecule is CC1CCCC(C)N1C(=O)COC(=O)C1=NN(c2ccccc2)C(=O)CC1. The molecule has 2 aliphatic rings. The molecule has 2 atom stereocenters. The zero-order valence-corrected chi connectivity index (χ0v) is 15.8. The molecule has 0 radical (unpaired) electrons. The molecule has 27 heavy (non-hydrogen) atoms. The van der Waals surface area contributed by atoms with E-state index >= 15 is 0 Å². The van der Waals surface area contributed by atoms with Crippen LogP contribution in [0.25, 0.3) is 0 Å².